The smallest absolute Gasteiger partial charge is 0.254 e. The second-order valence-corrected chi connectivity index (χ2v) is 5.84. The van der Waals surface area contributed by atoms with Crippen molar-refractivity contribution in [2.75, 3.05) is 11.9 Å². The molecule has 0 spiro atoms. The highest BCUT2D eigenvalue weighted by atomic mass is 35.5. The van der Waals surface area contributed by atoms with Crippen LogP contribution in [0.5, 0.6) is 0 Å². The van der Waals surface area contributed by atoms with Crippen molar-refractivity contribution >= 4 is 28.8 Å². The van der Waals surface area contributed by atoms with Crippen molar-refractivity contribution in [2.45, 2.75) is 19.9 Å². The Hall–Kier alpha value is -2.60. The summed E-state index contributed by atoms with van der Waals surface area (Å²) in [5.41, 5.74) is 1.99. The maximum atomic E-state index is 12.7. The number of anilines is 1. The number of aromatic nitrogens is 3. The lowest BCUT2D eigenvalue weighted by molar-refractivity contribution is 0.0939. The van der Waals surface area contributed by atoms with Gasteiger partial charge in [0.25, 0.3) is 5.91 Å². The number of halogens is 1. The molecule has 0 aliphatic carbocycles. The van der Waals surface area contributed by atoms with E-state index in [2.05, 4.69) is 20.8 Å². The summed E-state index contributed by atoms with van der Waals surface area (Å²) in [5.74, 6) is 0.458. The van der Waals surface area contributed by atoms with Gasteiger partial charge in [-0.25, -0.2) is 0 Å². The molecule has 2 aromatic heterocycles. The van der Waals surface area contributed by atoms with Crippen molar-refractivity contribution in [2.24, 2.45) is 0 Å². The van der Waals surface area contributed by atoms with Gasteiger partial charge in [-0.3, -0.25) is 9.20 Å². The molecule has 0 saturated heterocycles. The molecule has 1 amide bonds. The van der Waals surface area contributed by atoms with Crippen LogP contribution in [0.3, 0.4) is 0 Å². The normalized spacial score (nSPS) is 12.1. The second kappa shape index (κ2) is 6.88. The van der Waals surface area contributed by atoms with Crippen molar-refractivity contribution < 1.29 is 4.79 Å². The standard InChI is InChI=1S/C17H18ClN5O/c1-3-19-14-8-7-12(18)10-13(14)17(24)20-11(2)16-22-21-15-6-4-5-9-23(15)16/h4-11,19H,3H2,1-2H3,(H,20,24). The van der Waals surface area contributed by atoms with E-state index >= 15 is 0 Å². The molecule has 0 fully saturated rings. The second-order valence-electron chi connectivity index (χ2n) is 5.40. The summed E-state index contributed by atoms with van der Waals surface area (Å²) in [6.07, 6.45) is 1.87. The van der Waals surface area contributed by atoms with Gasteiger partial charge in [-0.05, 0) is 44.2 Å². The van der Waals surface area contributed by atoms with Crippen LogP contribution < -0.4 is 10.6 Å². The SMILES string of the molecule is CCNc1ccc(Cl)cc1C(=O)NC(C)c1nnc2ccccn12. The molecule has 2 heterocycles. The molecule has 0 aliphatic rings. The van der Waals surface area contributed by atoms with Crippen molar-refractivity contribution in [3.63, 3.8) is 0 Å². The summed E-state index contributed by atoms with van der Waals surface area (Å²) in [7, 11) is 0. The minimum atomic E-state index is -0.302. The van der Waals surface area contributed by atoms with Gasteiger partial charge in [0.2, 0.25) is 0 Å². The van der Waals surface area contributed by atoms with Gasteiger partial charge >= 0.3 is 0 Å². The van der Waals surface area contributed by atoms with Crippen LogP contribution in [0, 0.1) is 0 Å². The molecule has 0 aliphatic heterocycles. The van der Waals surface area contributed by atoms with Crippen LogP contribution in [0.2, 0.25) is 5.02 Å². The molecule has 124 valence electrons. The third-order valence-electron chi connectivity index (χ3n) is 3.67. The maximum absolute atomic E-state index is 12.7. The van der Waals surface area contributed by atoms with Crippen LogP contribution in [0.4, 0.5) is 5.69 Å². The molecule has 2 N–H and O–H groups in total. The van der Waals surface area contributed by atoms with Gasteiger partial charge < -0.3 is 10.6 Å². The minimum absolute atomic E-state index is 0.214. The molecule has 1 unspecified atom stereocenters. The largest absolute Gasteiger partial charge is 0.385 e. The summed E-state index contributed by atoms with van der Waals surface area (Å²) in [5, 5.41) is 14.9. The number of carbonyl (C=O) groups is 1. The molecular weight excluding hydrogens is 326 g/mol. The zero-order valence-corrected chi connectivity index (χ0v) is 14.2. The lowest BCUT2D eigenvalue weighted by Crippen LogP contribution is -2.28. The minimum Gasteiger partial charge on any atom is -0.385 e. The van der Waals surface area contributed by atoms with Gasteiger partial charge in [0.05, 0.1) is 11.6 Å². The topological polar surface area (TPSA) is 71.3 Å². The lowest BCUT2D eigenvalue weighted by atomic mass is 10.1. The van der Waals surface area contributed by atoms with Gasteiger partial charge in [-0.2, -0.15) is 0 Å². The number of pyridine rings is 1. The van der Waals surface area contributed by atoms with E-state index in [1.165, 1.54) is 0 Å². The highest BCUT2D eigenvalue weighted by molar-refractivity contribution is 6.31. The zero-order valence-electron chi connectivity index (χ0n) is 13.5. The Kier molecular flexibility index (Phi) is 4.66. The Balaban J connectivity index is 1.85. The number of hydrogen-bond acceptors (Lipinski definition) is 4. The number of fused-ring (bicyclic) bond motifs is 1. The van der Waals surface area contributed by atoms with Crippen LogP contribution in [0.1, 0.15) is 36.1 Å². The number of carbonyl (C=O) groups excluding carboxylic acids is 1. The maximum Gasteiger partial charge on any atom is 0.254 e. The quantitative estimate of drug-likeness (QED) is 0.745. The van der Waals surface area contributed by atoms with E-state index in [0.29, 0.717) is 23.0 Å². The number of rotatable bonds is 5. The third-order valence-corrected chi connectivity index (χ3v) is 3.90. The zero-order chi connectivity index (χ0) is 17.1. The van der Waals surface area contributed by atoms with Crippen LogP contribution in [-0.2, 0) is 0 Å². The van der Waals surface area contributed by atoms with E-state index < -0.39 is 0 Å². The first kappa shape index (κ1) is 16.3. The van der Waals surface area contributed by atoms with Crippen LogP contribution in [0.25, 0.3) is 5.65 Å². The molecule has 3 rings (SSSR count). The first-order chi connectivity index (χ1) is 11.6. The van der Waals surface area contributed by atoms with E-state index in [-0.39, 0.29) is 11.9 Å². The Morgan fingerprint density at radius 3 is 2.92 bits per heavy atom. The molecule has 6 nitrogen and oxygen atoms in total. The lowest BCUT2D eigenvalue weighted by Gasteiger charge is -2.15. The molecule has 0 radical (unpaired) electrons. The Bertz CT molecular complexity index is 876. The summed E-state index contributed by atoms with van der Waals surface area (Å²) in [6, 6.07) is 10.6. The summed E-state index contributed by atoms with van der Waals surface area (Å²) < 4.78 is 1.86. The van der Waals surface area contributed by atoms with Gasteiger partial charge in [0.1, 0.15) is 0 Å². The van der Waals surface area contributed by atoms with Gasteiger partial charge in [0.15, 0.2) is 11.5 Å². The molecular formula is C17H18ClN5O. The van der Waals surface area contributed by atoms with E-state index in [0.717, 1.165) is 11.3 Å². The van der Waals surface area contributed by atoms with Crippen LogP contribution in [0.15, 0.2) is 42.6 Å². The third kappa shape index (κ3) is 3.19. The highest BCUT2D eigenvalue weighted by Gasteiger charge is 2.18. The van der Waals surface area contributed by atoms with Gasteiger partial charge in [-0.15, -0.1) is 10.2 Å². The predicted molar refractivity (Wildman–Crippen MR) is 94.5 cm³/mol. The number of nitrogens with one attached hydrogen (secondary N) is 2. The number of amides is 1. The fourth-order valence-electron chi connectivity index (χ4n) is 2.54. The van der Waals surface area contributed by atoms with Crippen LogP contribution in [-0.4, -0.2) is 27.0 Å². The number of hydrogen-bond donors (Lipinski definition) is 2. The molecule has 0 bridgehead atoms. The first-order valence-electron chi connectivity index (χ1n) is 7.74. The summed E-state index contributed by atoms with van der Waals surface area (Å²) in [4.78, 5) is 12.7. The predicted octanol–water partition coefficient (Wildman–Crippen LogP) is 3.31. The molecule has 7 heteroatoms. The average Bonchev–Trinajstić information content (AvgIpc) is 3.00. The Labute approximate surface area is 144 Å². The fourth-order valence-corrected chi connectivity index (χ4v) is 2.72. The van der Waals surface area contributed by atoms with Gasteiger partial charge in [0, 0.05) is 23.5 Å². The average molecular weight is 344 g/mol. The Morgan fingerprint density at radius 1 is 1.29 bits per heavy atom. The van der Waals surface area contributed by atoms with Crippen molar-refractivity contribution in [3.05, 3.63) is 59.0 Å². The molecule has 24 heavy (non-hydrogen) atoms. The van der Waals surface area contributed by atoms with Gasteiger partial charge in [-0.1, -0.05) is 17.7 Å². The molecule has 0 saturated carbocycles. The highest BCUT2D eigenvalue weighted by Crippen LogP contribution is 2.22. The molecule has 3 aromatic rings. The summed E-state index contributed by atoms with van der Waals surface area (Å²) >= 11 is 6.04. The van der Waals surface area contributed by atoms with E-state index in [1.54, 1.807) is 18.2 Å². The summed E-state index contributed by atoms with van der Waals surface area (Å²) in [6.45, 7) is 4.56. The number of benzene rings is 1. The van der Waals surface area contributed by atoms with E-state index in [4.69, 9.17) is 11.6 Å². The Morgan fingerprint density at radius 2 is 2.12 bits per heavy atom. The first-order valence-corrected chi connectivity index (χ1v) is 8.12. The van der Waals surface area contributed by atoms with E-state index in [1.807, 2.05) is 42.6 Å². The van der Waals surface area contributed by atoms with Crippen molar-refractivity contribution in [3.8, 4) is 0 Å². The van der Waals surface area contributed by atoms with E-state index in [9.17, 15) is 4.79 Å². The van der Waals surface area contributed by atoms with Crippen molar-refractivity contribution in [1.82, 2.24) is 19.9 Å². The monoisotopic (exact) mass is 343 g/mol. The molecule has 1 aromatic carbocycles. The fraction of sp³-hybridized carbons (Fsp3) is 0.235. The molecule has 1 atom stereocenters. The van der Waals surface area contributed by atoms with Crippen LogP contribution >= 0.6 is 11.6 Å². The van der Waals surface area contributed by atoms with Crippen molar-refractivity contribution in [1.29, 1.82) is 0 Å². The number of nitrogens with zero attached hydrogens (tertiary/aromatic N) is 3.